The van der Waals surface area contributed by atoms with Crippen molar-refractivity contribution >= 4 is 69.7 Å². The molecule has 188 valence electrons. The fraction of sp³-hybridized carbons (Fsp3) is 0.700. The van der Waals surface area contributed by atoms with E-state index < -0.39 is 45.1 Å². The number of allylic oxidation sites excluding steroid dienone is 2. The van der Waals surface area contributed by atoms with Crippen molar-refractivity contribution in [3.8, 4) is 0 Å². The van der Waals surface area contributed by atoms with E-state index in [1.807, 2.05) is 9.44 Å². The molecule has 0 unspecified atom stereocenters. The van der Waals surface area contributed by atoms with Crippen LogP contribution in [0.4, 0.5) is 0 Å². The largest absolute Gasteiger partial charge is 2.00 e. The molecule has 0 radical (unpaired) electrons. The van der Waals surface area contributed by atoms with Crippen molar-refractivity contribution < 1.29 is 36.6 Å². The standard InChI is InChI=1S/2C10H19NO4S.Ca/c2*1-2-3-4-5-6-7-8-16(14,15)11-9-10(12)13;/h2*7-8,11H,2-6,9H2,1H3,(H,12,13);/q;;+2/p-2/b2*8-7+;. The quantitative estimate of drug-likeness (QED) is 0.180. The molecule has 0 aromatic rings. The summed E-state index contributed by atoms with van der Waals surface area (Å²) in [5.41, 5.74) is 0. The summed E-state index contributed by atoms with van der Waals surface area (Å²) in [4.78, 5) is 20.1. The molecule has 2 N–H and O–H groups in total. The maximum atomic E-state index is 11.1. The zero-order valence-corrected chi connectivity index (χ0v) is 23.4. The number of aliphatic carboxylic acids is 2. The van der Waals surface area contributed by atoms with Crippen LogP contribution >= 0.6 is 0 Å². The van der Waals surface area contributed by atoms with Gasteiger partial charge in [0, 0.05) is 10.8 Å². The minimum absolute atomic E-state index is 0. The Bertz CT molecular complexity index is 716. The molecular formula is C20H36CaN2O8S2. The van der Waals surface area contributed by atoms with Gasteiger partial charge in [-0.1, -0.05) is 64.5 Å². The van der Waals surface area contributed by atoms with Gasteiger partial charge in [-0.2, -0.15) is 0 Å². The molecule has 0 atom stereocenters. The number of sulfonamides is 2. The Morgan fingerprint density at radius 2 is 1.00 bits per heavy atom. The molecule has 0 saturated carbocycles. The number of carboxylic acid groups (broad SMARTS) is 2. The number of carbonyl (C=O) groups is 2. The molecule has 0 rings (SSSR count). The molecule has 0 amide bonds. The van der Waals surface area contributed by atoms with Gasteiger partial charge in [-0.15, -0.1) is 0 Å². The summed E-state index contributed by atoms with van der Waals surface area (Å²) in [6, 6.07) is 0. The van der Waals surface area contributed by atoms with E-state index in [-0.39, 0.29) is 37.7 Å². The van der Waals surface area contributed by atoms with Crippen LogP contribution in [0.25, 0.3) is 0 Å². The Hall–Kier alpha value is -0.500. The number of hydrogen-bond acceptors (Lipinski definition) is 8. The van der Waals surface area contributed by atoms with Gasteiger partial charge in [0.15, 0.2) is 0 Å². The third-order valence-corrected chi connectivity index (χ3v) is 6.03. The SMILES string of the molecule is CCCCCC/C=C/S(=O)(=O)NCC(=O)[O-].CCCCCC/C=C/S(=O)(=O)NCC(=O)[O-].[Ca+2]. The van der Waals surface area contributed by atoms with Gasteiger partial charge < -0.3 is 19.8 Å². The smallest absolute Gasteiger partial charge is 0.549 e. The normalized spacial score (nSPS) is 11.7. The predicted octanol–water partition coefficient (Wildman–Crippen LogP) is -0.101. The van der Waals surface area contributed by atoms with Crippen molar-refractivity contribution in [3.63, 3.8) is 0 Å². The molecule has 0 spiro atoms. The molecular weight excluding hydrogens is 500 g/mol. The first-order valence-electron chi connectivity index (χ1n) is 10.7. The van der Waals surface area contributed by atoms with Gasteiger partial charge >= 0.3 is 37.7 Å². The second-order valence-electron chi connectivity index (χ2n) is 6.92. The van der Waals surface area contributed by atoms with Crippen LogP contribution in [0.15, 0.2) is 23.0 Å². The molecule has 0 aliphatic heterocycles. The Labute approximate surface area is 228 Å². The fourth-order valence-electron chi connectivity index (χ4n) is 2.18. The molecule has 33 heavy (non-hydrogen) atoms. The topological polar surface area (TPSA) is 173 Å². The summed E-state index contributed by atoms with van der Waals surface area (Å²) in [7, 11) is -7.24. The van der Waals surface area contributed by atoms with E-state index in [4.69, 9.17) is 0 Å². The summed E-state index contributed by atoms with van der Waals surface area (Å²) < 4.78 is 48.3. The van der Waals surface area contributed by atoms with Crippen LogP contribution in [-0.2, 0) is 29.6 Å². The number of nitrogens with one attached hydrogen (secondary N) is 2. The number of carbonyl (C=O) groups excluding carboxylic acids is 2. The van der Waals surface area contributed by atoms with Crippen molar-refractivity contribution in [1.29, 1.82) is 0 Å². The molecule has 0 aromatic carbocycles. The van der Waals surface area contributed by atoms with Crippen LogP contribution in [0.2, 0.25) is 0 Å². The summed E-state index contributed by atoms with van der Waals surface area (Å²) in [5, 5.41) is 22.1. The van der Waals surface area contributed by atoms with E-state index in [0.717, 1.165) is 62.2 Å². The molecule has 0 fully saturated rings. The van der Waals surface area contributed by atoms with E-state index in [0.29, 0.717) is 12.8 Å². The van der Waals surface area contributed by atoms with E-state index in [2.05, 4.69) is 13.8 Å². The minimum Gasteiger partial charge on any atom is -0.549 e. The van der Waals surface area contributed by atoms with Gasteiger partial charge in [-0.25, -0.2) is 26.3 Å². The van der Waals surface area contributed by atoms with Crippen LogP contribution < -0.4 is 19.7 Å². The average molecular weight is 537 g/mol. The second kappa shape index (κ2) is 23.3. The van der Waals surface area contributed by atoms with Gasteiger partial charge in [-0.05, 0) is 25.7 Å². The van der Waals surface area contributed by atoms with Crippen LogP contribution in [0.1, 0.15) is 78.1 Å². The first-order valence-corrected chi connectivity index (χ1v) is 13.8. The van der Waals surface area contributed by atoms with E-state index in [1.165, 1.54) is 12.2 Å². The maximum Gasteiger partial charge on any atom is 2.00 e. The molecule has 0 saturated heterocycles. The summed E-state index contributed by atoms with van der Waals surface area (Å²) in [6.45, 7) is 2.82. The maximum absolute atomic E-state index is 11.1. The van der Waals surface area contributed by atoms with Gasteiger partial charge in [0.05, 0.1) is 25.0 Å². The van der Waals surface area contributed by atoms with Gasteiger partial charge in [0.25, 0.3) is 0 Å². The van der Waals surface area contributed by atoms with Gasteiger partial charge in [0.2, 0.25) is 20.0 Å². The molecule has 10 nitrogen and oxygen atoms in total. The first kappa shape index (κ1) is 37.1. The first-order chi connectivity index (χ1) is 15.0. The van der Waals surface area contributed by atoms with Crippen LogP contribution in [0.5, 0.6) is 0 Å². The summed E-state index contributed by atoms with van der Waals surface area (Å²) in [5.74, 6) is -2.89. The minimum atomic E-state index is -3.62. The Kier molecular flexibility index (Phi) is 26.1. The number of carboxylic acids is 2. The number of hydrogen-bond donors (Lipinski definition) is 2. The zero-order valence-electron chi connectivity index (χ0n) is 19.6. The molecule has 0 aliphatic carbocycles. The van der Waals surface area contributed by atoms with Crippen molar-refractivity contribution in [2.45, 2.75) is 78.1 Å². The second-order valence-corrected chi connectivity index (χ2v) is 10.2. The molecule has 0 aromatic heterocycles. The van der Waals surface area contributed by atoms with E-state index in [9.17, 15) is 36.6 Å². The molecule has 0 aliphatic rings. The predicted molar refractivity (Wildman–Crippen MR) is 125 cm³/mol. The Morgan fingerprint density at radius 3 is 1.27 bits per heavy atom. The van der Waals surface area contributed by atoms with E-state index >= 15 is 0 Å². The van der Waals surface area contributed by atoms with Gasteiger partial charge in [-0.3, -0.25) is 0 Å². The molecule has 0 heterocycles. The third-order valence-electron chi connectivity index (χ3n) is 3.83. The fourth-order valence-corrected chi connectivity index (χ4v) is 3.79. The Morgan fingerprint density at radius 1 is 0.667 bits per heavy atom. The molecule has 13 heteroatoms. The number of rotatable bonds is 18. The average Bonchev–Trinajstić information content (AvgIpc) is 2.71. The van der Waals surface area contributed by atoms with Crippen molar-refractivity contribution in [2.24, 2.45) is 0 Å². The zero-order chi connectivity index (χ0) is 24.9. The van der Waals surface area contributed by atoms with Crippen molar-refractivity contribution in [1.82, 2.24) is 9.44 Å². The Balaban J connectivity index is -0.000000529. The van der Waals surface area contributed by atoms with Crippen LogP contribution in [0, 0.1) is 0 Å². The van der Waals surface area contributed by atoms with Crippen molar-refractivity contribution in [3.05, 3.63) is 23.0 Å². The summed E-state index contributed by atoms with van der Waals surface area (Å²) >= 11 is 0. The monoisotopic (exact) mass is 536 g/mol. The van der Waals surface area contributed by atoms with Gasteiger partial charge in [0.1, 0.15) is 0 Å². The molecule has 0 bridgehead atoms. The van der Waals surface area contributed by atoms with E-state index in [1.54, 1.807) is 0 Å². The van der Waals surface area contributed by atoms with Crippen LogP contribution in [-0.4, -0.2) is 79.6 Å². The van der Waals surface area contributed by atoms with Crippen molar-refractivity contribution in [2.75, 3.05) is 13.1 Å². The third kappa shape index (κ3) is 31.5. The summed E-state index contributed by atoms with van der Waals surface area (Å²) in [6.07, 6.45) is 13.0. The number of unbranched alkanes of at least 4 members (excludes halogenated alkanes) is 8. The van der Waals surface area contributed by atoms with Crippen LogP contribution in [0.3, 0.4) is 0 Å².